The summed E-state index contributed by atoms with van der Waals surface area (Å²) in [4.78, 5) is 23.1. The highest BCUT2D eigenvalue weighted by Gasteiger charge is 2.04. The van der Waals surface area contributed by atoms with E-state index >= 15 is 0 Å². The summed E-state index contributed by atoms with van der Waals surface area (Å²) in [6.07, 6.45) is 2.20. The molecule has 0 unspecified atom stereocenters. The van der Waals surface area contributed by atoms with Gasteiger partial charge in [0.05, 0.1) is 0 Å². The van der Waals surface area contributed by atoms with Crippen molar-refractivity contribution in [3.05, 3.63) is 58.5 Å². The van der Waals surface area contributed by atoms with Crippen LogP contribution in [0.2, 0.25) is 0 Å². The number of amides is 1. The second kappa shape index (κ2) is 7.97. The smallest absolute Gasteiger partial charge is 0.266 e. The number of para-hydroxylation sites is 1. The van der Waals surface area contributed by atoms with Crippen LogP contribution in [0, 0.1) is 6.92 Å². The van der Waals surface area contributed by atoms with Crippen molar-refractivity contribution in [3.63, 3.8) is 0 Å². The second-order valence-electron chi connectivity index (χ2n) is 4.84. The number of carbonyl (C=O) groups excluding carboxylic acids is 1. The van der Waals surface area contributed by atoms with E-state index in [1.807, 2.05) is 31.2 Å². The van der Waals surface area contributed by atoms with Gasteiger partial charge in [0, 0.05) is 25.4 Å². The molecule has 2 rings (SSSR count). The van der Waals surface area contributed by atoms with E-state index in [9.17, 15) is 9.59 Å². The minimum absolute atomic E-state index is 0.0195. The summed E-state index contributed by atoms with van der Waals surface area (Å²) in [7, 11) is 0. The first kappa shape index (κ1) is 15.8. The van der Waals surface area contributed by atoms with Crippen LogP contribution < -0.4 is 15.6 Å². The maximum atomic E-state index is 11.7. The zero-order valence-electron chi connectivity index (χ0n) is 12.5. The number of hydrogen-bond donors (Lipinski definition) is 1. The molecule has 2 aromatic rings. The highest BCUT2D eigenvalue weighted by atomic mass is 16.5. The quantitative estimate of drug-likeness (QED) is 0.778. The number of nitrogens with zero attached hydrogens (tertiary/aromatic N) is 2. The Morgan fingerprint density at radius 1 is 1.27 bits per heavy atom. The first-order valence-electron chi connectivity index (χ1n) is 7.14. The predicted molar refractivity (Wildman–Crippen MR) is 82.8 cm³/mol. The van der Waals surface area contributed by atoms with Gasteiger partial charge in [0.2, 0.25) is 0 Å². The first-order valence-corrected chi connectivity index (χ1v) is 7.14. The number of hydrogen-bond acceptors (Lipinski definition) is 4. The van der Waals surface area contributed by atoms with Crippen molar-refractivity contribution in [1.29, 1.82) is 0 Å². The summed E-state index contributed by atoms with van der Waals surface area (Å²) in [5.41, 5.74) is 0.849. The van der Waals surface area contributed by atoms with Crippen LogP contribution in [0.3, 0.4) is 0 Å². The van der Waals surface area contributed by atoms with Crippen LogP contribution in [-0.4, -0.2) is 28.8 Å². The van der Waals surface area contributed by atoms with Gasteiger partial charge >= 0.3 is 0 Å². The van der Waals surface area contributed by atoms with Crippen LogP contribution >= 0.6 is 0 Å². The highest BCUT2D eigenvalue weighted by molar-refractivity contribution is 5.77. The highest BCUT2D eigenvalue weighted by Crippen LogP contribution is 2.15. The van der Waals surface area contributed by atoms with Crippen molar-refractivity contribution < 1.29 is 9.53 Å². The van der Waals surface area contributed by atoms with Crippen LogP contribution in [0.15, 0.2) is 47.4 Å². The van der Waals surface area contributed by atoms with E-state index in [1.54, 1.807) is 12.3 Å². The van der Waals surface area contributed by atoms with Crippen LogP contribution in [0.5, 0.6) is 5.75 Å². The Balaban J connectivity index is 1.67. The van der Waals surface area contributed by atoms with Gasteiger partial charge in [-0.2, -0.15) is 5.10 Å². The van der Waals surface area contributed by atoms with E-state index in [1.165, 1.54) is 10.7 Å². The number of carbonyl (C=O) groups is 1. The second-order valence-corrected chi connectivity index (χ2v) is 4.84. The molecule has 0 fully saturated rings. The zero-order valence-corrected chi connectivity index (χ0v) is 12.5. The van der Waals surface area contributed by atoms with E-state index in [2.05, 4.69) is 10.4 Å². The maximum Gasteiger partial charge on any atom is 0.266 e. The van der Waals surface area contributed by atoms with E-state index in [0.29, 0.717) is 25.3 Å². The Morgan fingerprint density at radius 2 is 2.09 bits per heavy atom. The Labute approximate surface area is 128 Å². The summed E-state index contributed by atoms with van der Waals surface area (Å²) < 4.78 is 6.82. The van der Waals surface area contributed by atoms with Gasteiger partial charge in [0.25, 0.3) is 11.5 Å². The van der Waals surface area contributed by atoms with E-state index < -0.39 is 0 Å². The Morgan fingerprint density at radius 3 is 2.86 bits per heavy atom. The normalized spacial score (nSPS) is 10.2. The lowest BCUT2D eigenvalue weighted by molar-refractivity contribution is -0.123. The third kappa shape index (κ3) is 4.73. The van der Waals surface area contributed by atoms with Gasteiger partial charge in [-0.25, -0.2) is 4.68 Å². The van der Waals surface area contributed by atoms with Gasteiger partial charge in [0.1, 0.15) is 5.75 Å². The largest absolute Gasteiger partial charge is 0.484 e. The molecule has 6 nitrogen and oxygen atoms in total. The number of aryl methyl sites for hydroxylation is 2. The van der Waals surface area contributed by atoms with Crippen molar-refractivity contribution in [1.82, 2.24) is 15.1 Å². The monoisotopic (exact) mass is 301 g/mol. The molecule has 0 aliphatic heterocycles. The Hall–Kier alpha value is -2.63. The molecule has 0 saturated heterocycles. The molecule has 1 heterocycles. The third-order valence-electron chi connectivity index (χ3n) is 3.11. The van der Waals surface area contributed by atoms with Gasteiger partial charge in [-0.15, -0.1) is 0 Å². The molecule has 116 valence electrons. The first-order chi connectivity index (χ1) is 10.7. The minimum atomic E-state index is -0.184. The van der Waals surface area contributed by atoms with Crippen molar-refractivity contribution >= 4 is 5.91 Å². The molecule has 6 heteroatoms. The SMILES string of the molecule is Cc1ccccc1OCC(=O)NCCCn1ncccc1=O. The molecule has 0 spiro atoms. The molecule has 1 amide bonds. The number of aromatic nitrogens is 2. The van der Waals surface area contributed by atoms with E-state index in [-0.39, 0.29) is 18.1 Å². The average molecular weight is 301 g/mol. The number of ether oxygens (including phenoxy) is 1. The fourth-order valence-electron chi connectivity index (χ4n) is 1.92. The van der Waals surface area contributed by atoms with Crippen molar-refractivity contribution in [2.24, 2.45) is 0 Å². The predicted octanol–water partition coefficient (Wildman–Crippen LogP) is 1.14. The zero-order chi connectivity index (χ0) is 15.8. The lowest BCUT2D eigenvalue weighted by Gasteiger charge is -2.09. The standard InChI is InChI=1S/C16H19N3O3/c1-13-6-2-3-7-14(13)22-12-15(20)17-9-5-11-19-16(21)8-4-10-18-19/h2-4,6-8,10H,5,9,11-12H2,1H3,(H,17,20). The van der Waals surface area contributed by atoms with Crippen LogP contribution in [0.1, 0.15) is 12.0 Å². The topological polar surface area (TPSA) is 73.2 Å². The summed E-state index contributed by atoms with van der Waals surface area (Å²) in [6.45, 7) is 2.85. The Kier molecular flexibility index (Phi) is 5.71. The fourth-order valence-corrected chi connectivity index (χ4v) is 1.92. The van der Waals surface area contributed by atoms with Crippen LogP contribution in [0.4, 0.5) is 0 Å². The molecule has 0 atom stereocenters. The molecule has 1 N–H and O–H groups in total. The number of rotatable bonds is 7. The van der Waals surface area contributed by atoms with Gasteiger partial charge < -0.3 is 10.1 Å². The molecular formula is C16H19N3O3. The van der Waals surface area contributed by atoms with Gasteiger partial charge in [0.15, 0.2) is 6.61 Å². The van der Waals surface area contributed by atoms with Crippen molar-refractivity contribution in [2.75, 3.05) is 13.2 Å². The van der Waals surface area contributed by atoms with E-state index in [4.69, 9.17) is 4.74 Å². The molecule has 0 bridgehead atoms. The summed E-state index contributed by atoms with van der Waals surface area (Å²) >= 11 is 0. The molecule has 0 aliphatic carbocycles. The van der Waals surface area contributed by atoms with Gasteiger partial charge in [-0.05, 0) is 31.0 Å². The van der Waals surface area contributed by atoms with Crippen LogP contribution in [-0.2, 0) is 11.3 Å². The molecule has 22 heavy (non-hydrogen) atoms. The number of nitrogens with one attached hydrogen (secondary N) is 1. The molecule has 0 saturated carbocycles. The summed E-state index contributed by atoms with van der Waals surface area (Å²) in [5.74, 6) is 0.523. The van der Waals surface area contributed by atoms with E-state index in [0.717, 1.165) is 5.56 Å². The molecule has 1 aromatic heterocycles. The third-order valence-corrected chi connectivity index (χ3v) is 3.11. The number of benzene rings is 1. The van der Waals surface area contributed by atoms with Crippen molar-refractivity contribution in [2.45, 2.75) is 19.9 Å². The van der Waals surface area contributed by atoms with Crippen LogP contribution in [0.25, 0.3) is 0 Å². The fraction of sp³-hybridized carbons (Fsp3) is 0.312. The maximum absolute atomic E-state index is 11.7. The summed E-state index contributed by atoms with van der Waals surface area (Å²) in [5, 5.41) is 6.70. The van der Waals surface area contributed by atoms with Gasteiger partial charge in [-0.1, -0.05) is 18.2 Å². The summed E-state index contributed by atoms with van der Waals surface area (Å²) in [6, 6.07) is 10.6. The minimum Gasteiger partial charge on any atom is -0.484 e. The van der Waals surface area contributed by atoms with Crippen molar-refractivity contribution in [3.8, 4) is 5.75 Å². The average Bonchev–Trinajstić information content (AvgIpc) is 2.52. The lowest BCUT2D eigenvalue weighted by atomic mass is 10.2. The Bertz CT molecular complexity index is 682. The molecule has 0 aliphatic rings. The van der Waals surface area contributed by atoms with Gasteiger partial charge in [-0.3, -0.25) is 9.59 Å². The molecule has 1 aromatic carbocycles. The molecule has 0 radical (unpaired) electrons. The molecular weight excluding hydrogens is 282 g/mol. The lowest BCUT2D eigenvalue weighted by Crippen LogP contribution is -2.31.